The summed E-state index contributed by atoms with van der Waals surface area (Å²) in [6.07, 6.45) is 8.22. The number of piperidine rings is 2. The van der Waals surface area contributed by atoms with E-state index in [0.29, 0.717) is 12.0 Å². The summed E-state index contributed by atoms with van der Waals surface area (Å²) in [6, 6.07) is 0.426. The average Bonchev–Trinajstić information content (AvgIpc) is 2.49. The van der Waals surface area contributed by atoms with Crippen molar-refractivity contribution in [3.63, 3.8) is 0 Å². The van der Waals surface area contributed by atoms with E-state index in [2.05, 4.69) is 18.7 Å². The van der Waals surface area contributed by atoms with Gasteiger partial charge in [-0.2, -0.15) is 0 Å². The van der Waals surface area contributed by atoms with Crippen LogP contribution in [0.15, 0.2) is 0 Å². The molecule has 21 heavy (non-hydrogen) atoms. The average molecular weight is 295 g/mol. The minimum Gasteiger partial charge on any atom is -0.341 e. The predicted octanol–water partition coefficient (Wildman–Crippen LogP) is 2.23. The van der Waals surface area contributed by atoms with Crippen LogP contribution in [0.4, 0.5) is 0 Å². The van der Waals surface area contributed by atoms with Gasteiger partial charge < -0.3 is 15.5 Å². The van der Waals surface area contributed by atoms with Gasteiger partial charge in [-0.1, -0.05) is 19.8 Å². The maximum Gasteiger partial charge on any atom is 0.239 e. The molecule has 2 aliphatic rings. The summed E-state index contributed by atoms with van der Waals surface area (Å²) in [7, 11) is 0. The van der Waals surface area contributed by atoms with Crippen molar-refractivity contribution in [3.05, 3.63) is 0 Å². The maximum atomic E-state index is 12.4. The molecule has 0 aromatic carbocycles. The third-order valence-corrected chi connectivity index (χ3v) is 5.18. The van der Waals surface area contributed by atoms with Gasteiger partial charge in [-0.05, 0) is 51.5 Å². The third kappa shape index (κ3) is 4.68. The Morgan fingerprint density at radius 3 is 2.76 bits per heavy atom. The molecule has 1 amide bonds. The van der Waals surface area contributed by atoms with Crippen molar-refractivity contribution in [1.82, 2.24) is 9.80 Å². The molecule has 2 N–H and O–H groups in total. The molecule has 2 rings (SSSR count). The molecule has 0 radical (unpaired) electrons. The van der Waals surface area contributed by atoms with Gasteiger partial charge in [0.1, 0.15) is 0 Å². The number of carbonyl (C=O) groups excluding carboxylic acids is 1. The first-order valence-electron chi connectivity index (χ1n) is 8.90. The van der Waals surface area contributed by atoms with Crippen LogP contribution in [-0.2, 0) is 4.79 Å². The summed E-state index contributed by atoms with van der Waals surface area (Å²) >= 11 is 0. The fourth-order valence-corrected chi connectivity index (χ4v) is 3.84. The quantitative estimate of drug-likeness (QED) is 0.846. The van der Waals surface area contributed by atoms with Gasteiger partial charge in [-0.3, -0.25) is 4.79 Å². The van der Waals surface area contributed by atoms with Crippen molar-refractivity contribution >= 4 is 5.91 Å². The second-order valence-corrected chi connectivity index (χ2v) is 7.03. The number of nitrogens with zero attached hydrogens (tertiary/aromatic N) is 2. The van der Waals surface area contributed by atoms with Crippen LogP contribution in [0.5, 0.6) is 0 Å². The van der Waals surface area contributed by atoms with Crippen molar-refractivity contribution in [2.45, 2.75) is 70.9 Å². The van der Waals surface area contributed by atoms with E-state index in [0.717, 1.165) is 38.9 Å². The minimum absolute atomic E-state index is 0.174. The van der Waals surface area contributed by atoms with Gasteiger partial charge in [0.05, 0.1) is 6.04 Å². The lowest BCUT2D eigenvalue weighted by Crippen LogP contribution is -2.50. The molecule has 3 atom stereocenters. The molecule has 2 heterocycles. The molecule has 2 saturated heterocycles. The Morgan fingerprint density at radius 1 is 1.24 bits per heavy atom. The summed E-state index contributed by atoms with van der Waals surface area (Å²) < 4.78 is 0. The zero-order valence-corrected chi connectivity index (χ0v) is 13.9. The highest BCUT2D eigenvalue weighted by atomic mass is 16.2. The molecule has 0 bridgehead atoms. The first kappa shape index (κ1) is 16.8. The van der Waals surface area contributed by atoms with E-state index in [-0.39, 0.29) is 11.9 Å². The molecule has 0 spiro atoms. The minimum atomic E-state index is -0.289. The Bertz CT molecular complexity index is 334. The van der Waals surface area contributed by atoms with E-state index in [1.54, 1.807) is 0 Å². The number of hydrogen-bond donors (Lipinski definition) is 1. The van der Waals surface area contributed by atoms with Crippen LogP contribution in [-0.4, -0.2) is 54.0 Å². The SMILES string of the molecule is CCC[C@H](N)C(=O)N1CCC[C@@H](CN2CCCC[C@H]2C)C1. The second kappa shape index (κ2) is 8.14. The van der Waals surface area contributed by atoms with Gasteiger partial charge in [0, 0.05) is 25.7 Å². The predicted molar refractivity (Wildman–Crippen MR) is 87.1 cm³/mol. The highest BCUT2D eigenvalue weighted by molar-refractivity contribution is 5.81. The van der Waals surface area contributed by atoms with E-state index < -0.39 is 0 Å². The van der Waals surface area contributed by atoms with Crippen LogP contribution >= 0.6 is 0 Å². The number of rotatable bonds is 5. The lowest BCUT2D eigenvalue weighted by atomic mass is 9.94. The van der Waals surface area contributed by atoms with Gasteiger partial charge >= 0.3 is 0 Å². The van der Waals surface area contributed by atoms with Crippen molar-refractivity contribution < 1.29 is 4.79 Å². The largest absolute Gasteiger partial charge is 0.341 e. The second-order valence-electron chi connectivity index (χ2n) is 7.03. The fraction of sp³-hybridized carbons (Fsp3) is 0.941. The summed E-state index contributed by atoms with van der Waals surface area (Å²) in [5.41, 5.74) is 6.01. The Morgan fingerprint density at radius 2 is 2.05 bits per heavy atom. The number of nitrogens with two attached hydrogens (primary N) is 1. The van der Waals surface area contributed by atoms with Gasteiger partial charge in [0.15, 0.2) is 0 Å². The molecule has 4 nitrogen and oxygen atoms in total. The number of carbonyl (C=O) groups is 1. The molecule has 0 aromatic heterocycles. The molecule has 0 unspecified atom stereocenters. The van der Waals surface area contributed by atoms with Crippen LogP contribution in [0, 0.1) is 5.92 Å². The number of amides is 1. The van der Waals surface area contributed by atoms with Gasteiger partial charge in [-0.25, -0.2) is 0 Å². The Kier molecular flexibility index (Phi) is 6.49. The molecule has 0 saturated carbocycles. The maximum absolute atomic E-state index is 12.4. The van der Waals surface area contributed by atoms with E-state index in [4.69, 9.17) is 5.73 Å². The van der Waals surface area contributed by atoms with Gasteiger partial charge in [-0.15, -0.1) is 0 Å². The topological polar surface area (TPSA) is 49.6 Å². The highest BCUT2D eigenvalue weighted by Gasteiger charge is 2.29. The standard InChI is InChI=1S/C17H33N3O/c1-3-7-16(18)17(21)20-11-6-9-15(13-20)12-19-10-5-4-8-14(19)2/h14-16H,3-13,18H2,1-2H3/t14-,15+,16+/m1/s1. The van der Waals surface area contributed by atoms with Crippen molar-refractivity contribution in [3.8, 4) is 0 Å². The monoisotopic (exact) mass is 295 g/mol. The molecule has 0 aromatic rings. The first-order valence-corrected chi connectivity index (χ1v) is 8.90. The fourth-order valence-electron chi connectivity index (χ4n) is 3.84. The van der Waals surface area contributed by atoms with Crippen LogP contribution in [0.25, 0.3) is 0 Å². The van der Waals surface area contributed by atoms with E-state index >= 15 is 0 Å². The highest BCUT2D eigenvalue weighted by Crippen LogP contribution is 2.23. The van der Waals surface area contributed by atoms with Crippen molar-refractivity contribution in [1.29, 1.82) is 0 Å². The molecule has 4 heteroatoms. The van der Waals surface area contributed by atoms with Gasteiger partial charge in [0.2, 0.25) is 5.91 Å². The molecular formula is C17H33N3O. The normalized spacial score (nSPS) is 29.4. The van der Waals surface area contributed by atoms with Crippen molar-refractivity contribution in [2.24, 2.45) is 11.7 Å². The van der Waals surface area contributed by atoms with E-state index in [1.807, 2.05) is 4.90 Å². The first-order chi connectivity index (χ1) is 10.1. The zero-order chi connectivity index (χ0) is 15.2. The lowest BCUT2D eigenvalue weighted by molar-refractivity contribution is -0.134. The van der Waals surface area contributed by atoms with Crippen LogP contribution in [0.3, 0.4) is 0 Å². The summed E-state index contributed by atoms with van der Waals surface area (Å²) in [5, 5.41) is 0. The van der Waals surface area contributed by atoms with Crippen LogP contribution in [0.2, 0.25) is 0 Å². The van der Waals surface area contributed by atoms with Crippen LogP contribution < -0.4 is 5.73 Å². The molecule has 2 aliphatic heterocycles. The molecule has 122 valence electrons. The van der Waals surface area contributed by atoms with Crippen LogP contribution in [0.1, 0.15) is 58.8 Å². The number of likely N-dealkylation sites (tertiary alicyclic amines) is 2. The smallest absolute Gasteiger partial charge is 0.239 e. The number of hydrogen-bond acceptors (Lipinski definition) is 3. The summed E-state index contributed by atoms with van der Waals surface area (Å²) in [6.45, 7) is 8.66. The summed E-state index contributed by atoms with van der Waals surface area (Å²) in [4.78, 5) is 17.0. The molecule has 2 fully saturated rings. The molecule has 0 aliphatic carbocycles. The zero-order valence-electron chi connectivity index (χ0n) is 13.9. The Labute approximate surface area is 130 Å². The Balaban J connectivity index is 1.84. The lowest BCUT2D eigenvalue weighted by Gasteiger charge is -2.40. The Hall–Kier alpha value is -0.610. The van der Waals surface area contributed by atoms with Crippen molar-refractivity contribution in [2.75, 3.05) is 26.2 Å². The third-order valence-electron chi connectivity index (χ3n) is 5.18. The summed E-state index contributed by atoms with van der Waals surface area (Å²) in [5.74, 6) is 0.810. The van der Waals surface area contributed by atoms with E-state index in [9.17, 15) is 4.79 Å². The van der Waals surface area contributed by atoms with Gasteiger partial charge in [0.25, 0.3) is 0 Å². The molecular weight excluding hydrogens is 262 g/mol. The van der Waals surface area contributed by atoms with E-state index in [1.165, 1.54) is 32.2 Å².